The summed E-state index contributed by atoms with van der Waals surface area (Å²) < 4.78 is 5.39. The molecule has 2 heterocycles. The molecule has 1 atom stereocenters. The van der Waals surface area contributed by atoms with Crippen LogP contribution in [0.3, 0.4) is 0 Å². The van der Waals surface area contributed by atoms with Crippen LogP contribution in [0, 0.1) is 0 Å². The third-order valence-electron chi connectivity index (χ3n) is 4.44. The zero-order chi connectivity index (χ0) is 14.4. The fraction of sp³-hybridized carbons (Fsp3) is 0.933. The monoisotopic (exact) mass is 283 g/mol. The van der Waals surface area contributed by atoms with Crippen molar-refractivity contribution < 1.29 is 9.53 Å². The van der Waals surface area contributed by atoms with E-state index in [9.17, 15) is 4.79 Å². The summed E-state index contributed by atoms with van der Waals surface area (Å²) in [7, 11) is 0. The Labute approximate surface area is 122 Å². The van der Waals surface area contributed by atoms with Crippen molar-refractivity contribution in [3.05, 3.63) is 0 Å². The Morgan fingerprint density at radius 1 is 1.30 bits per heavy atom. The maximum atomic E-state index is 12.3. The van der Waals surface area contributed by atoms with Crippen LogP contribution >= 0.6 is 0 Å². The summed E-state index contributed by atoms with van der Waals surface area (Å²) in [6.45, 7) is 9.53. The molecule has 0 aliphatic carbocycles. The molecule has 0 radical (unpaired) electrons. The predicted octanol–water partition coefficient (Wildman–Crippen LogP) is 0.746. The van der Waals surface area contributed by atoms with Gasteiger partial charge in [0.1, 0.15) is 0 Å². The first-order valence-electron chi connectivity index (χ1n) is 7.93. The van der Waals surface area contributed by atoms with Crippen molar-refractivity contribution in [2.45, 2.75) is 51.1 Å². The quantitative estimate of drug-likeness (QED) is 0.799. The van der Waals surface area contributed by atoms with E-state index in [1.165, 1.54) is 12.8 Å². The second kappa shape index (κ2) is 7.38. The van der Waals surface area contributed by atoms with Gasteiger partial charge in [0.25, 0.3) is 0 Å². The molecule has 0 aromatic rings. The number of rotatable bonds is 4. The minimum Gasteiger partial charge on any atom is -0.379 e. The molecule has 116 valence electrons. The van der Waals surface area contributed by atoms with Gasteiger partial charge in [-0.3, -0.25) is 9.69 Å². The molecule has 2 fully saturated rings. The Morgan fingerprint density at radius 3 is 2.80 bits per heavy atom. The smallest absolute Gasteiger partial charge is 0.237 e. The lowest BCUT2D eigenvalue weighted by Gasteiger charge is -2.41. The van der Waals surface area contributed by atoms with E-state index in [-0.39, 0.29) is 17.5 Å². The largest absolute Gasteiger partial charge is 0.379 e. The molecular weight excluding hydrogens is 254 g/mol. The normalized spacial score (nSPS) is 26.0. The third kappa shape index (κ3) is 4.43. The minimum atomic E-state index is -0.00975. The van der Waals surface area contributed by atoms with Crippen LogP contribution in [0.4, 0.5) is 0 Å². The summed E-state index contributed by atoms with van der Waals surface area (Å²) in [4.78, 5) is 14.7. The standard InChI is InChI=1S/C15H29N3O2/c1-15(2,18-8-10-20-11-9-18)12-17-14(19)13-6-4-3-5-7-16-13/h13,16H,3-12H2,1-2H3,(H,17,19). The highest BCUT2D eigenvalue weighted by Crippen LogP contribution is 2.15. The third-order valence-corrected chi connectivity index (χ3v) is 4.44. The summed E-state index contributed by atoms with van der Waals surface area (Å²) in [6.07, 6.45) is 4.53. The van der Waals surface area contributed by atoms with E-state index in [2.05, 4.69) is 29.4 Å². The van der Waals surface area contributed by atoms with Crippen molar-refractivity contribution in [3.8, 4) is 0 Å². The summed E-state index contributed by atoms with van der Waals surface area (Å²) in [5.41, 5.74) is -0.00975. The van der Waals surface area contributed by atoms with E-state index >= 15 is 0 Å². The molecule has 0 aromatic carbocycles. The molecular formula is C15H29N3O2. The Hall–Kier alpha value is -0.650. The van der Waals surface area contributed by atoms with Gasteiger partial charge in [-0.05, 0) is 33.2 Å². The van der Waals surface area contributed by atoms with Gasteiger partial charge in [-0.15, -0.1) is 0 Å². The van der Waals surface area contributed by atoms with Crippen LogP contribution in [-0.2, 0) is 9.53 Å². The minimum absolute atomic E-state index is 0.00186. The van der Waals surface area contributed by atoms with Crippen LogP contribution < -0.4 is 10.6 Å². The summed E-state index contributed by atoms with van der Waals surface area (Å²) in [5, 5.41) is 6.49. The first kappa shape index (κ1) is 15.7. The predicted molar refractivity (Wildman–Crippen MR) is 79.7 cm³/mol. The topological polar surface area (TPSA) is 53.6 Å². The lowest BCUT2D eigenvalue weighted by molar-refractivity contribution is -0.124. The van der Waals surface area contributed by atoms with Crippen molar-refractivity contribution in [3.63, 3.8) is 0 Å². The van der Waals surface area contributed by atoms with Gasteiger partial charge in [-0.25, -0.2) is 0 Å². The van der Waals surface area contributed by atoms with Gasteiger partial charge in [-0.1, -0.05) is 12.8 Å². The van der Waals surface area contributed by atoms with E-state index < -0.39 is 0 Å². The fourth-order valence-corrected chi connectivity index (χ4v) is 2.96. The maximum Gasteiger partial charge on any atom is 0.237 e. The number of carbonyl (C=O) groups is 1. The van der Waals surface area contributed by atoms with Crippen LogP contribution in [0.25, 0.3) is 0 Å². The number of ether oxygens (including phenoxy) is 1. The molecule has 20 heavy (non-hydrogen) atoms. The van der Waals surface area contributed by atoms with E-state index in [4.69, 9.17) is 4.74 Å². The van der Waals surface area contributed by atoms with Crippen LogP contribution in [0.1, 0.15) is 39.5 Å². The number of morpholine rings is 1. The highest BCUT2D eigenvalue weighted by molar-refractivity contribution is 5.81. The molecule has 2 saturated heterocycles. The van der Waals surface area contributed by atoms with E-state index in [0.29, 0.717) is 6.54 Å². The van der Waals surface area contributed by atoms with Gasteiger partial charge in [0.05, 0.1) is 19.3 Å². The summed E-state index contributed by atoms with van der Waals surface area (Å²) >= 11 is 0. The SMILES string of the molecule is CC(C)(CNC(=O)C1CCCCCN1)N1CCOCC1. The highest BCUT2D eigenvalue weighted by atomic mass is 16.5. The molecule has 0 aromatic heterocycles. The molecule has 2 aliphatic heterocycles. The number of hydrogen-bond donors (Lipinski definition) is 2. The maximum absolute atomic E-state index is 12.3. The fourth-order valence-electron chi connectivity index (χ4n) is 2.96. The first-order valence-corrected chi connectivity index (χ1v) is 7.93. The van der Waals surface area contributed by atoms with Crippen LogP contribution in [0.2, 0.25) is 0 Å². The lowest BCUT2D eigenvalue weighted by Crippen LogP contribution is -2.57. The highest BCUT2D eigenvalue weighted by Gasteiger charge is 2.29. The molecule has 1 amide bonds. The first-order chi connectivity index (χ1) is 9.59. The molecule has 1 unspecified atom stereocenters. The molecule has 2 rings (SSSR count). The second-order valence-corrected chi connectivity index (χ2v) is 6.49. The van der Waals surface area contributed by atoms with E-state index in [1.54, 1.807) is 0 Å². The van der Waals surface area contributed by atoms with Gasteiger partial charge in [0.15, 0.2) is 0 Å². The Morgan fingerprint density at radius 2 is 2.05 bits per heavy atom. The lowest BCUT2D eigenvalue weighted by atomic mass is 10.0. The van der Waals surface area contributed by atoms with Crippen LogP contribution in [-0.4, -0.2) is 61.8 Å². The number of hydrogen-bond acceptors (Lipinski definition) is 4. The van der Waals surface area contributed by atoms with Crippen molar-refractivity contribution in [1.82, 2.24) is 15.5 Å². The average molecular weight is 283 g/mol. The van der Waals surface area contributed by atoms with Crippen LogP contribution in [0.15, 0.2) is 0 Å². The van der Waals surface area contributed by atoms with E-state index in [0.717, 1.165) is 45.7 Å². The van der Waals surface area contributed by atoms with Gasteiger partial charge in [0, 0.05) is 25.2 Å². The van der Waals surface area contributed by atoms with Gasteiger partial charge >= 0.3 is 0 Å². The Kier molecular flexibility index (Phi) is 5.81. The van der Waals surface area contributed by atoms with Crippen LogP contribution in [0.5, 0.6) is 0 Å². The van der Waals surface area contributed by atoms with Crippen molar-refractivity contribution in [2.24, 2.45) is 0 Å². The molecule has 0 bridgehead atoms. The van der Waals surface area contributed by atoms with Gasteiger partial charge in [0.2, 0.25) is 5.91 Å². The van der Waals surface area contributed by atoms with Crippen molar-refractivity contribution in [2.75, 3.05) is 39.4 Å². The summed E-state index contributed by atoms with van der Waals surface area (Å²) in [6, 6.07) is -0.00186. The Bertz CT molecular complexity index is 306. The Balaban J connectivity index is 1.78. The number of nitrogens with one attached hydrogen (secondary N) is 2. The molecule has 0 saturated carbocycles. The zero-order valence-electron chi connectivity index (χ0n) is 12.9. The zero-order valence-corrected chi connectivity index (χ0v) is 12.9. The molecule has 0 spiro atoms. The number of nitrogens with zero attached hydrogens (tertiary/aromatic N) is 1. The van der Waals surface area contributed by atoms with E-state index in [1.807, 2.05) is 0 Å². The number of amides is 1. The second-order valence-electron chi connectivity index (χ2n) is 6.49. The molecule has 5 nitrogen and oxygen atoms in total. The van der Waals surface area contributed by atoms with Crippen molar-refractivity contribution >= 4 is 5.91 Å². The molecule has 2 N–H and O–H groups in total. The average Bonchev–Trinajstić information content (AvgIpc) is 2.75. The van der Waals surface area contributed by atoms with Crippen molar-refractivity contribution in [1.29, 1.82) is 0 Å². The number of carbonyl (C=O) groups excluding carboxylic acids is 1. The summed E-state index contributed by atoms with van der Waals surface area (Å²) in [5.74, 6) is 0.160. The van der Waals surface area contributed by atoms with Gasteiger partial charge in [-0.2, -0.15) is 0 Å². The molecule has 2 aliphatic rings. The molecule has 5 heteroatoms. The van der Waals surface area contributed by atoms with Gasteiger partial charge < -0.3 is 15.4 Å².